The van der Waals surface area contributed by atoms with Crippen LogP contribution in [0.5, 0.6) is 0 Å². The van der Waals surface area contributed by atoms with Gasteiger partial charge >= 0.3 is 0 Å². The zero-order valence-corrected chi connectivity index (χ0v) is 16.3. The van der Waals surface area contributed by atoms with E-state index in [0.29, 0.717) is 31.4 Å². The summed E-state index contributed by atoms with van der Waals surface area (Å²) in [5.74, 6) is 0. The predicted molar refractivity (Wildman–Crippen MR) is 104 cm³/mol. The summed E-state index contributed by atoms with van der Waals surface area (Å²) in [6, 6.07) is 6.67. The molecule has 0 aromatic heterocycles. The largest absolute Gasteiger partial charge is 0.394 e. The molecule has 0 unspecified atom stereocenters. The highest BCUT2D eigenvalue weighted by Gasteiger charge is 2.27. The monoisotopic (exact) mass is 399 g/mol. The average molecular weight is 400 g/mol. The van der Waals surface area contributed by atoms with Gasteiger partial charge in [-0.15, -0.1) is 0 Å². The molecule has 2 saturated heterocycles. The van der Waals surface area contributed by atoms with Crippen molar-refractivity contribution in [1.29, 1.82) is 0 Å². The van der Waals surface area contributed by atoms with Crippen LogP contribution >= 0.6 is 12.2 Å². The smallest absolute Gasteiger partial charge is 0.243 e. The number of aliphatic hydroxyl groups is 1. The summed E-state index contributed by atoms with van der Waals surface area (Å²) in [6.45, 7) is 2.51. The number of ether oxygens (including phenoxy) is 1. The maximum absolute atomic E-state index is 12.6. The molecule has 3 rings (SSSR count). The molecular formula is C17H25N3O4S2. The second-order valence-electron chi connectivity index (χ2n) is 6.50. The van der Waals surface area contributed by atoms with E-state index >= 15 is 0 Å². The van der Waals surface area contributed by atoms with Crippen LogP contribution in [0.15, 0.2) is 29.2 Å². The summed E-state index contributed by atoms with van der Waals surface area (Å²) < 4.78 is 31.9. The molecule has 2 heterocycles. The molecule has 1 atom stereocenters. The Labute approximate surface area is 160 Å². The number of benzene rings is 1. The van der Waals surface area contributed by atoms with E-state index in [9.17, 15) is 13.5 Å². The van der Waals surface area contributed by atoms with Crippen LogP contribution in [0, 0.1) is 0 Å². The van der Waals surface area contributed by atoms with Crippen LogP contribution in [0.1, 0.15) is 19.3 Å². The summed E-state index contributed by atoms with van der Waals surface area (Å²) in [4.78, 5) is 2.28. The first kappa shape index (κ1) is 19.5. The number of rotatable bonds is 4. The summed E-state index contributed by atoms with van der Waals surface area (Å²) in [6.07, 6.45) is 3.07. The van der Waals surface area contributed by atoms with Crippen LogP contribution in [0.25, 0.3) is 0 Å². The maximum Gasteiger partial charge on any atom is 0.243 e. The molecule has 0 radical (unpaired) electrons. The standard InChI is InChI=1S/C17H25N3O4S2/c21-13-15-3-1-2-8-20(15)17(25)18-14-4-6-16(7-5-14)26(22,23)19-9-11-24-12-10-19/h4-7,15,21H,1-3,8-13H2,(H,18,25)/t15-/m1/s1. The maximum atomic E-state index is 12.6. The summed E-state index contributed by atoms with van der Waals surface area (Å²) in [5, 5.41) is 13.2. The van der Waals surface area contributed by atoms with Crippen LogP contribution in [0.4, 0.5) is 5.69 Å². The number of thiocarbonyl (C=S) groups is 1. The van der Waals surface area contributed by atoms with Crippen LogP contribution in [0.2, 0.25) is 0 Å². The minimum absolute atomic E-state index is 0.0460. The minimum atomic E-state index is -3.49. The van der Waals surface area contributed by atoms with Crippen molar-refractivity contribution in [3.05, 3.63) is 24.3 Å². The predicted octanol–water partition coefficient (Wildman–Crippen LogP) is 1.25. The Bertz CT molecular complexity index is 718. The van der Waals surface area contributed by atoms with Gasteiger partial charge in [-0.05, 0) is 55.7 Å². The molecule has 2 aliphatic rings. The van der Waals surface area contributed by atoms with E-state index in [-0.39, 0.29) is 17.5 Å². The number of aliphatic hydroxyl groups excluding tert-OH is 1. The SMILES string of the molecule is O=S(=O)(c1ccc(NC(=S)N2CCCC[C@@H]2CO)cc1)N1CCOCC1. The first-order valence-electron chi connectivity index (χ1n) is 8.89. The van der Waals surface area contributed by atoms with E-state index in [4.69, 9.17) is 17.0 Å². The van der Waals surface area contributed by atoms with E-state index in [1.807, 2.05) is 4.90 Å². The highest BCUT2D eigenvalue weighted by atomic mass is 32.2. The van der Waals surface area contributed by atoms with Gasteiger partial charge < -0.3 is 20.1 Å². The summed E-state index contributed by atoms with van der Waals surface area (Å²) in [5.41, 5.74) is 0.734. The molecule has 7 nitrogen and oxygen atoms in total. The van der Waals surface area contributed by atoms with Crippen molar-refractivity contribution in [3.8, 4) is 0 Å². The fourth-order valence-electron chi connectivity index (χ4n) is 3.30. The van der Waals surface area contributed by atoms with E-state index in [1.165, 1.54) is 4.31 Å². The molecule has 0 amide bonds. The molecule has 2 N–H and O–H groups in total. The number of nitrogens with zero attached hydrogens (tertiary/aromatic N) is 2. The molecule has 0 saturated carbocycles. The van der Waals surface area contributed by atoms with Gasteiger partial charge in [0.2, 0.25) is 10.0 Å². The zero-order chi connectivity index (χ0) is 18.6. The molecule has 2 fully saturated rings. The Morgan fingerprint density at radius 1 is 1.19 bits per heavy atom. The number of nitrogens with one attached hydrogen (secondary N) is 1. The zero-order valence-electron chi connectivity index (χ0n) is 14.6. The molecule has 0 bridgehead atoms. The third-order valence-corrected chi connectivity index (χ3v) is 7.06. The Balaban J connectivity index is 1.66. The average Bonchev–Trinajstić information content (AvgIpc) is 2.69. The normalized spacial score (nSPS) is 22.2. The van der Waals surface area contributed by atoms with Gasteiger partial charge in [-0.2, -0.15) is 4.31 Å². The number of anilines is 1. The van der Waals surface area contributed by atoms with Crippen molar-refractivity contribution in [1.82, 2.24) is 9.21 Å². The second kappa shape index (κ2) is 8.62. The van der Waals surface area contributed by atoms with Gasteiger partial charge in [0.1, 0.15) is 0 Å². The van der Waals surface area contributed by atoms with Crippen LogP contribution in [0.3, 0.4) is 0 Å². The fourth-order valence-corrected chi connectivity index (χ4v) is 5.07. The Morgan fingerprint density at radius 2 is 1.88 bits per heavy atom. The van der Waals surface area contributed by atoms with Crippen molar-refractivity contribution in [2.75, 3.05) is 44.8 Å². The quantitative estimate of drug-likeness (QED) is 0.738. The Morgan fingerprint density at radius 3 is 2.54 bits per heavy atom. The molecule has 0 aliphatic carbocycles. The summed E-state index contributed by atoms with van der Waals surface area (Å²) in [7, 11) is -3.49. The number of sulfonamides is 1. The number of hydrogen-bond donors (Lipinski definition) is 2. The third kappa shape index (κ3) is 4.34. The fraction of sp³-hybridized carbons (Fsp3) is 0.588. The van der Waals surface area contributed by atoms with E-state index in [2.05, 4.69) is 5.32 Å². The van der Waals surface area contributed by atoms with Gasteiger partial charge in [0.15, 0.2) is 5.11 Å². The number of hydrogen-bond acceptors (Lipinski definition) is 5. The highest BCUT2D eigenvalue weighted by molar-refractivity contribution is 7.89. The van der Waals surface area contributed by atoms with E-state index in [0.717, 1.165) is 31.5 Å². The van der Waals surface area contributed by atoms with Gasteiger partial charge in [-0.1, -0.05) is 0 Å². The first-order valence-corrected chi connectivity index (χ1v) is 10.7. The van der Waals surface area contributed by atoms with Gasteiger partial charge in [0, 0.05) is 25.3 Å². The lowest BCUT2D eigenvalue weighted by molar-refractivity contribution is 0.0730. The minimum Gasteiger partial charge on any atom is -0.394 e. The molecule has 9 heteroatoms. The molecule has 2 aliphatic heterocycles. The van der Waals surface area contributed by atoms with Crippen LogP contribution in [-0.4, -0.2) is 73.3 Å². The highest BCUT2D eigenvalue weighted by Crippen LogP contribution is 2.21. The van der Waals surface area contributed by atoms with Crippen LogP contribution < -0.4 is 5.32 Å². The molecule has 1 aromatic carbocycles. The van der Waals surface area contributed by atoms with Gasteiger partial charge in [-0.25, -0.2) is 8.42 Å². The van der Waals surface area contributed by atoms with Crippen molar-refractivity contribution < 1.29 is 18.3 Å². The second-order valence-corrected chi connectivity index (χ2v) is 8.82. The van der Waals surface area contributed by atoms with Gasteiger partial charge in [-0.3, -0.25) is 0 Å². The van der Waals surface area contributed by atoms with Gasteiger partial charge in [0.25, 0.3) is 0 Å². The number of piperidine rings is 1. The summed E-state index contributed by atoms with van der Waals surface area (Å²) >= 11 is 5.47. The Hall–Kier alpha value is -1.26. The molecular weight excluding hydrogens is 374 g/mol. The molecule has 0 spiro atoms. The first-order chi connectivity index (χ1) is 12.5. The van der Waals surface area contributed by atoms with Crippen molar-refractivity contribution in [2.24, 2.45) is 0 Å². The lowest BCUT2D eigenvalue weighted by atomic mass is 10.0. The third-order valence-electron chi connectivity index (χ3n) is 4.81. The van der Waals surface area contributed by atoms with Crippen molar-refractivity contribution >= 4 is 33.0 Å². The topological polar surface area (TPSA) is 82.1 Å². The number of morpholine rings is 1. The lowest BCUT2D eigenvalue weighted by Gasteiger charge is -2.36. The molecule has 144 valence electrons. The van der Waals surface area contributed by atoms with E-state index < -0.39 is 10.0 Å². The van der Waals surface area contributed by atoms with Crippen molar-refractivity contribution in [3.63, 3.8) is 0 Å². The van der Waals surface area contributed by atoms with E-state index in [1.54, 1.807) is 24.3 Å². The molecule has 26 heavy (non-hydrogen) atoms. The lowest BCUT2D eigenvalue weighted by Crippen LogP contribution is -2.47. The number of likely N-dealkylation sites (tertiary alicyclic amines) is 1. The van der Waals surface area contributed by atoms with Crippen LogP contribution in [-0.2, 0) is 14.8 Å². The molecule has 1 aromatic rings. The van der Waals surface area contributed by atoms with Gasteiger partial charge in [0.05, 0.1) is 30.8 Å². The Kier molecular flexibility index (Phi) is 6.46. The van der Waals surface area contributed by atoms with Crippen molar-refractivity contribution in [2.45, 2.75) is 30.2 Å².